The number of hydrogen-bond acceptors (Lipinski definition) is 3. The maximum Gasteiger partial charge on any atom is 0.220 e. The summed E-state index contributed by atoms with van der Waals surface area (Å²) in [5.41, 5.74) is 4.71. The van der Waals surface area contributed by atoms with E-state index in [2.05, 4.69) is 15.9 Å². The van der Waals surface area contributed by atoms with E-state index >= 15 is 0 Å². The standard InChI is InChI=1S/C10H10BrClFNO3/c11-5-1-4(12)2-6(13)9(5)10(17)7(15)3-8(14)16/h1-2,7,10,15,17H,3H2,(H2,14,16). The van der Waals surface area contributed by atoms with Crippen LogP contribution in [0.4, 0.5) is 4.39 Å². The SMILES string of the molecule is NC(=O)CC(O)C(O)c1c(F)cc(Cl)cc1Br. The van der Waals surface area contributed by atoms with Gasteiger partial charge >= 0.3 is 0 Å². The average molecular weight is 327 g/mol. The minimum atomic E-state index is -1.56. The molecule has 4 N–H and O–H groups in total. The Morgan fingerprint density at radius 3 is 2.59 bits per heavy atom. The van der Waals surface area contributed by atoms with Crippen LogP contribution >= 0.6 is 27.5 Å². The van der Waals surface area contributed by atoms with Crippen molar-refractivity contribution in [3.63, 3.8) is 0 Å². The van der Waals surface area contributed by atoms with Crippen molar-refractivity contribution in [3.8, 4) is 0 Å². The van der Waals surface area contributed by atoms with E-state index < -0.39 is 30.4 Å². The molecule has 0 aliphatic carbocycles. The largest absolute Gasteiger partial charge is 0.390 e. The van der Waals surface area contributed by atoms with Gasteiger partial charge < -0.3 is 15.9 Å². The Labute approximate surface area is 110 Å². The molecule has 0 radical (unpaired) electrons. The molecule has 0 heterocycles. The number of halogens is 3. The minimum Gasteiger partial charge on any atom is -0.390 e. The summed E-state index contributed by atoms with van der Waals surface area (Å²) in [6, 6.07) is 2.38. The zero-order valence-electron chi connectivity index (χ0n) is 8.53. The van der Waals surface area contributed by atoms with E-state index in [0.717, 1.165) is 6.07 Å². The molecule has 0 aliphatic rings. The molecule has 0 aliphatic heterocycles. The molecule has 0 bridgehead atoms. The highest BCUT2D eigenvalue weighted by Gasteiger charge is 2.25. The summed E-state index contributed by atoms with van der Waals surface area (Å²) >= 11 is 8.62. The molecule has 1 aromatic rings. The van der Waals surface area contributed by atoms with E-state index in [9.17, 15) is 19.4 Å². The summed E-state index contributed by atoms with van der Waals surface area (Å²) in [5, 5.41) is 19.4. The highest BCUT2D eigenvalue weighted by molar-refractivity contribution is 9.10. The molecule has 4 nitrogen and oxygen atoms in total. The van der Waals surface area contributed by atoms with Crippen molar-refractivity contribution in [2.45, 2.75) is 18.6 Å². The lowest BCUT2D eigenvalue weighted by Crippen LogP contribution is -2.26. The molecular weight excluding hydrogens is 316 g/mol. The highest BCUT2D eigenvalue weighted by atomic mass is 79.9. The Hall–Kier alpha value is -0.690. The summed E-state index contributed by atoms with van der Waals surface area (Å²) in [7, 11) is 0. The van der Waals surface area contributed by atoms with Crippen LogP contribution in [0, 0.1) is 5.82 Å². The third kappa shape index (κ3) is 3.64. The number of benzene rings is 1. The zero-order chi connectivity index (χ0) is 13.2. The first-order valence-corrected chi connectivity index (χ1v) is 5.79. The molecule has 2 unspecified atom stereocenters. The van der Waals surface area contributed by atoms with Crippen molar-refractivity contribution in [3.05, 3.63) is 33.0 Å². The third-order valence-electron chi connectivity index (χ3n) is 2.11. The number of carbonyl (C=O) groups is 1. The van der Waals surface area contributed by atoms with Crippen LogP contribution in [0.25, 0.3) is 0 Å². The Kier molecular flexibility index (Phi) is 4.88. The molecule has 1 aromatic carbocycles. The highest BCUT2D eigenvalue weighted by Crippen LogP contribution is 2.31. The Bertz CT molecular complexity index is 421. The molecule has 0 spiro atoms. The first kappa shape index (κ1) is 14.4. The second-order valence-corrected chi connectivity index (χ2v) is 4.76. The summed E-state index contributed by atoms with van der Waals surface area (Å²) in [4.78, 5) is 10.6. The van der Waals surface area contributed by atoms with Gasteiger partial charge in [0.2, 0.25) is 5.91 Å². The van der Waals surface area contributed by atoms with Crippen molar-refractivity contribution in [1.29, 1.82) is 0 Å². The van der Waals surface area contributed by atoms with E-state index in [1.165, 1.54) is 6.07 Å². The Morgan fingerprint density at radius 2 is 2.12 bits per heavy atom. The van der Waals surface area contributed by atoms with Crippen molar-refractivity contribution in [1.82, 2.24) is 0 Å². The van der Waals surface area contributed by atoms with E-state index in [1.807, 2.05) is 0 Å². The van der Waals surface area contributed by atoms with Crippen LogP contribution in [-0.4, -0.2) is 22.2 Å². The topological polar surface area (TPSA) is 83.6 Å². The maximum atomic E-state index is 13.6. The van der Waals surface area contributed by atoms with Gasteiger partial charge in [-0.25, -0.2) is 4.39 Å². The molecule has 1 amide bonds. The Morgan fingerprint density at radius 1 is 1.53 bits per heavy atom. The summed E-state index contributed by atoms with van der Waals surface area (Å²) in [6.45, 7) is 0. The van der Waals surface area contributed by atoms with Gasteiger partial charge in [0.1, 0.15) is 11.9 Å². The first-order valence-electron chi connectivity index (χ1n) is 4.61. The first-order chi connectivity index (χ1) is 7.82. The molecule has 0 saturated carbocycles. The van der Waals surface area contributed by atoms with Crippen LogP contribution in [-0.2, 0) is 4.79 Å². The van der Waals surface area contributed by atoms with Gasteiger partial charge in [-0.2, -0.15) is 0 Å². The molecule has 0 saturated heterocycles. The number of aliphatic hydroxyl groups is 2. The van der Waals surface area contributed by atoms with Crippen molar-refractivity contribution in [2.75, 3.05) is 0 Å². The lowest BCUT2D eigenvalue weighted by Gasteiger charge is -2.19. The smallest absolute Gasteiger partial charge is 0.220 e. The lowest BCUT2D eigenvalue weighted by molar-refractivity contribution is -0.121. The molecular formula is C10H10BrClFNO3. The van der Waals surface area contributed by atoms with Crippen molar-refractivity contribution >= 4 is 33.4 Å². The average Bonchev–Trinajstić information content (AvgIpc) is 2.14. The van der Waals surface area contributed by atoms with Gasteiger partial charge in [0, 0.05) is 15.1 Å². The van der Waals surface area contributed by atoms with Crippen LogP contribution in [0.15, 0.2) is 16.6 Å². The summed E-state index contributed by atoms with van der Waals surface area (Å²) in [5.74, 6) is -1.57. The Balaban J connectivity index is 3.03. The molecule has 17 heavy (non-hydrogen) atoms. The van der Waals surface area contributed by atoms with E-state index in [4.69, 9.17) is 17.3 Å². The van der Waals surface area contributed by atoms with Crippen LogP contribution in [0.3, 0.4) is 0 Å². The fourth-order valence-electron chi connectivity index (χ4n) is 1.35. The van der Waals surface area contributed by atoms with Crippen molar-refractivity contribution < 1.29 is 19.4 Å². The van der Waals surface area contributed by atoms with Gasteiger partial charge in [0.05, 0.1) is 12.5 Å². The molecule has 7 heteroatoms. The van der Waals surface area contributed by atoms with E-state index in [-0.39, 0.29) is 15.1 Å². The number of nitrogens with two attached hydrogens (primary N) is 1. The fourth-order valence-corrected chi connectivity index (χ4v) is 2.35. The predicted octanol–water partition coefficient (Wildman–Crippen LogP) is 1.51. The van der Waals surface area contributed by atoms with Crippen LogP contribution in [0.5, 0.6) is 0 Å². The third-order valence-corrected chi connectivity index (χ3v) is 2.99. The van der Waals surface area contributed by atoms with Gasteiger partial charge in [0.25, 0.3) is 0 Å². The number of hydrogen-bond donors (Lipinski definition) is 3. The molecule has 1 rings (SSSR count). The van der Waals surface area contributed by atoms with Crippen LogP contribution < -0.4 is 5.73 Å². The molecule has 0 fully saturated rings. The molecule has 2 atom stereocenters. The number of amides is 1. The minimum absolute atomic E-state index is 0.148. The van der Waals surface area contributed by atoms with E-state index in [1.54, 1.807) is 0 Å². The number of primary amides is 1. The van der Waals surface area contributed by atoms with Gasteiger partial charge in [0.15, 0.2) is 0 Å². The van der Waals surface area contributed by atoms with Gasteiger partial charge in [-0.1, -0.05) is 27.5 Å². The number of rotatable bonds is 4. The number of aliphatic hydroxyl groups excluding tert-OH is 2. The quantitative estimate of drug-likeness (QED) is 0.784. The predicted molar refractivity (Wildman–Crippen MR) is 63.9 cm³/mol. The summed E-state index contributed by atoms with van der Waals surface area (Å²) in [6.07, 6.45) is -3.50. The van der Waals surface area contributed by atoms with Crippen molar-refractivity contribution in [2.24, 2.45) is 5.73 Å². The van der Waals surface area contributed by atoms with Gasteiger partial charge in [-0.3, -0.25) is 4.79 Å². The van der Waals surface area contributed by atoms with E-state index in [0.29, 0.717) is 0 Å². The second kappa shape index (κ2) is 5.77. The zero-order valence-corrected chi connectivity index (χ0v) is 10.9. The number of carbonyl (C=O) groups excluding carboxylic acids is 1. The molecule has 94 valence electrons. The second-order valence-electron chi connectivity index (χ2n) is 3.47. The fraction of sp³-hybridized carbons (Fsp3) is 0.300. The maximum absolute atomic E-state index is 13.6. The van der Waals surface area contributed by atoms with Gasteiger partial charge in [-0.15, -0.1) is 0 Å². The van der Waals surface area contributed by atoms with Crippen LogP contribution in [0.2, 0.25) is 5.02 Å². The van der Waals surface area contributed by atoms with Crippen LogP contribution in [0.1, 0.15) is 18.1 Å². The monoisotopic (exact) mass is 325 g/mol. The normalized spacial score (nSPS) is 14.4. The lowest BCUT2D eigenvalue weighted by atomic mass is 10.0. The summed E-state index contributed by atoms with van der Waals surface area (Å²) < 4.78 is 13.8. The molecule has 0 aromatic heterocycles. The van der Waals surface area contributed by atoms with Gasteiger partial charge in [-0.05, 0) is 12.1 Å².